The zero-order chi connectivity index (χ0) is 12.5. The Kier molecular flexibility index (Phi) is 7.54. The average molecular weight is 298 g/mol. The molecule has 1 atom stereocenters. The molecule has 0 unspecified atom stereocenters. The van der Waals surface area contributed by atoms with E-state index >= 15 is 0 Å². The van der Waals surface area contributed by atoms with Crippen LogP contribution in [0.4, 0.5) is 0 Å². The van der Waals surface area contributed by atoms with E-state index in [0.717, 1.165) is 17.4 Å². The first-order chi connectivity index (χ1) is 8.27. The lowest BCUT2D eigenvalue weighted by Crippen LogP contribution is -2.21. The van der Waals surface area contributed by atoms with Crippen molar-refractivity contribution < 1.29 is 0 Å². The first-order valence-corrected chi connectivity index (χ1v) is 7.56. The molecule has 2 heteroatoms. The maximum absolute atomic E-state index is 3.65. The molecule has 1 aromatic rings. The average Bonchev–Trinajstić information content (AvgIpc) is 2.35. The number of unbranched alkanes of at least 4 members (excludes halogenated alkanes) is 3. The molecule has 0 aliphatic rings. The third-order valence-corrected chi connectivity index (χ3v) is 3.63. The van der Waals surface area contributed by atoms with E-state index in [-0.39, 0.29) is 0 Å². The molecule has 17 heavy (non-hydrogen) atoms. The third kappa shape index (κ3) is 5.69. The van der Waals surface area contributed by atoms with E-state index in [0.29, 0.717) is 6.04 Å². The summed E-state index contributed by atoms with van der Waals surface area (Å²) in [5.41, 5.74) is 1.39. The summed E-state index contributed by atoms with van der Waals surface area (Å²) in [7, 11) is 0. The van der Waals surface area contributed by atoms with Gasteiger partial charge < -0.3 is 5.32 Å². The van der Waals surface area contributed by atoms with Crippen LogP contribution in [0.25, 0.3) is 0 Å². The maximum atomic E-state index is 3.65. The van der Waals surface area contributed by atoms with Gasteiger partial charge in [-0.2, -0.15) is 0 Å². The van der Waals surface area contributed by atoms with E-state index in [4.69, 9.17) is 0 Å². The van der Waals surface area contributed by atoms with Gasteiger partial charge in [0.25, 0.3) is 0 Å². The third-order valence-electron chi connectivity index (χ3n) is 3.10. The van der Waals surface area contributed by atoms with Crippen molar-refractivity contribution >= 4 is 15.9 Å². The van der Waals surface area contributed by atoms with Crippen LogP contribution in [0.3, 0.4) is 0 Å². The molecule has 0 radical (unpaired) electrons. The van der Waals surface area contributed by atoms with Crippen LogP contribution >= 0.6 is 15.9 Å². The van der Waals surface area contributed by atoms with E-state index in [2.05, 4.69) is 59.4 Å². The van der Waals surface area contributed by atoms with Gasteiger partial charge in [0.15, 0.2) is 0 Å². The van der Waals surface area contributed by atoms with Crippen LogP contribution in [-0.4, -0.2) is 6.54 Å². The SMILES string of the molecule is CCCCCCN[C@H](CC)c1ccc(Br)cc1. The highest BCUT2D eigenvalue weighted by Gasteiger charge is 2.07. The summed E-state index contributed by atoms with van der Waals surface area (Å²) in [6.07, 6.45) is 6.46. The van der Waals surface area contributed by atoms with Crippen LogP contribution in [0.5, 0.6) is 0 Å². The van der Waals surface area contributed by atoms with Crippen molar-refractivity contribution in [3.8, 4) is 0 Å². The fraction of sp³-hybridized carbons (Fsp3) is 0.600. The molecule has 0 amide bonds. The lowest BCUT2D eigenvalue weighted by Gasteiger charge is -2.17. The predicted molar refractivity (Wildman–Crippen MR) is 79.3 cm³/mol. The molecule has 0 aliphatic heterocycles. The lowest BCUT2D eigenvalue weighted by molar-refractivity contribution is 0.497. The smallest absolute Gasteiger partial charge is 0.0317 e. The summed E-state index contributed by atoms with van der Waals surface area (Å²) in [5, 5.41) is 3.65. The largest absolute Gasteiger partial charge is 0.310 e. The standard InChI is InChI=1S/C15H24BrN/c1-3-5-6-7-12-17-15(4-2)13-8-10-14(16)11-9-13/h8-11,15,17H,3-7,12H2,1-2H3/t15-/m1/s1. The Labute approximate surface area is 114 Å². The van der Waals surface area contributed by atoms with E-state index in [1.54, 1.807) is 0 Å². The van der Waals surface area contributed by atoms with Gasteiger partial charge in [-0.15, -0.1) is 0 Å². The minimum atomic E-state index is 0.504. The quantitative estimate of drug-likeness (QED) is 0.661. The van der Waals surface area contributed by atoms with Gasteiger partial charge in [-0.25, -0.2) is 0 Å². The van der Waals surface area contributed by atoms with Gasteiger partial charge >= 0.3 is 0 Å². The molecule has 0 bridgehead atoms. The Balaban J connectivity index is 2.35. The fourth-order valence-electron chi connectivity index (χ4n) is 2.02. The number of nitrogens with one attached hydrogen (secondary N) is 1. The molecule has 0 heterocycles. The number of hydrogen-bond donors (Lipinski definition) is 1. The van der Waals surface area contributed by atoms with Crippen molar-refractivity contribution in [1.82, 2.24) is 5.32 Å². The van der Waals surface area contributed by atoms with Crippen LogP contribution < -0.4 is 5.32 Å². The fourth-order valence-corrected chi connectivity index (χ4v) is 2.29. The number of halogens is 1. The Morgan fingerprint density at radius 1 is 1.06 bits per heavy atom. The molecule has 0 aliphatic carbocycles. The Bertz CT molecular complexity index is 294. The summed E-state index contributed by atoms with van der Waals surface area (Å²) in [5.74, 6) is 0. The van der Waals surface area contributed by atoms with E-state index in [1.165, 1.54) is 31.2 Å². The molecular formula is C15H24BrN. The van der Waals surface area contributed by atoms with E-state index < -0.39 is 0 Å². The molecule has 1 aromatic carbocycles. The zero-order valence-electron chi connectivity index (χ0n) is 11.0. The van der Waals surface area contributed by atoms with Crippen LogP contribution in [0.2, 0.25) is 0 Å². The Morgan fingerprint density at radius 2 is 1.76 bits per heavy atom. The van der Waals surface area contributed by atoms with Gasteiger partial charge in [0.1, 0.15) is 0 Å². The minimum absolute atomic E-state index is 0.504. The van der Waals surface area contributed by atoms with Crippen molar-refractivity contribution in [3.05, 3.63) is 34.3 Å². The van der Waals surface area contributed by atoms with Gasteiger partial charge in [0, 0.05) is 10.5 Å². The second-order valence-electron chi connectivity index (χ2n) is 4.53. The highest BCUT2D eigenvalue weighted by Crippen LogP contribution is 2.19. The maximum Gasteiger partial charge on any atom is 0.0317 e. The molecule has 1 nitrogen and oxygen atoms in total. The van der Waals surface area contributed by atoms with Crippen LogP contribution in [0, 0.1) is 0 Å². The highest BCUT2D eigenvalue weighted by atomic mass is 79.9. The summed E-state index contributed by atoms with van der Waals surface area (Å²) in [4.78, 5) is 0. The molecule has 1 rings (SSSR count). The summed E-state index contributed by atoms with van der Waals surface area (Å²) in [6, 6.07) is 9.16. The van der Waals surface area contributed by atoms with Crippen LogP contribution in [-0.2, 0) is 0 Å². The monoisotopic (exact) mass is 297 g/mol. The molecule has 0 fully saturated rings. The van der Waals surface area contributed by atoms with Crippen molar-refractivity contribution in [2.75, 3.05) is 6.54 Å². The first kappa shape index (κ1) is 14.7. The number of rotatable bonds is 8. The van der Waals surface area contributed by atoms with Gasteiger partial charge in [-0.1, -0.05) is 61.2 Å². The zero-order valence-corrected chi connectivity index (χ0v) is 12.6. The predicted octanol–water partition coefficient (Wildman–Crippen LogP) is 5.07. The van der Waals surface area contributed by atoms with E-state index in [1.807, 2.05) is 0 Å². The second kappa shape index (κ2) is 8.71. The molecule has 1 N–H and O–H groups in total. The molecule has 96 valence electrons. The number of benzene rings is 1. The number of hydrogen-bond acceptors (Lipinski definition) is 1. The lowest BCUT2D eigenvalue weighted by atomic mass is 10.0. The van der Waals surface area contributed by atoms with Crippen LogP contribution in [0.15, 0.2) is 28.7 Å². The normalized spacial score (nSPS) is 12.6. The first-order valence-electron chi connectivity index (χ1n) is 6.76. The summed E-state index contributed by atoms with van der Waals surface area (Å²) < 4.78 is 1.15. The summed E-state index contributed by atoms with van der Waals surface area (Å²) in [6.45, 7) is 5.63. The van der Waals surface area contributed by atoms with Crippen molar-refractivity contribution in [2.24, 2.45) is 0 Å². The Hall–Kier alpha value is -0.340. The minimum Gasteiger partial charge on any atom is -0.310 e. The molecule has 0 aromatic heterocycles. The summed E-state index contributed by atoms with van der Waals surface area (Å²) >= 11 is 3.48. The second-order valence-corrected chi connectivity index (χ2v) is 5.44. The van der Waals surface area contributed by atoms with Crippen LogP contribution in [0.1, 0.15) is 57.6 Å². The van der Waals surface area contributed by atoms with Gasteiger partial charge in [-0.3, -0.25) is 0 Å². The molecule has 0 saturated carbocycles. The topological polar surface area (TPSA) is 12.0 Å². The van der Waals surface area contributed by atoms with Crippen molar-refractivity contribution in [3.63, 3.8) is 0 Å². The highest BCUT2D eigenvalue weighted by molar-refractivity contribution is 9.10. The molecule has 0 saturated heterocycles. The van der Waals surface area contributed by atoms with Gasteiger partial charge in [0.05, 0.1) is 0 Å². The molecular weight excluding hydrogens is 274 g/mol. The Morgan fingerprint density at radius 3 is 2.35 bits per heavy atom. The van der Waals surface area contributed by atoms with Gasteiger partial charge in [0.2, 0.25) is 0 Å². The van der Waals surface area contributed by atoms with Gasteiger partial charge in [-0.05, 0) is 37.1 Å². The molecule has 0 spiro atoms. The van der Waals surface area contributed by atoms with E-state index in [9.17, 15) is 0 Å². The van der Waals surface area contributed by atoms with Crippen molar-refractivity contribution in [2.45, 2.75) is 52.0 Å². The van der Waals surface area contributed by atoms with Crippen molar-refractivity contribution in [1.29, 1.82) is 0 Å².